The predicted octanol–water partition coefficient (Wildman–Crippen LogP) is 0.239. The zero-order chi connectivity index (χ0) is 19.0. The summed E-state index contributed by atoms with van der Waals surface area (Å²) in [5.74, 6) is -0.895. The Kier molecular flexibility index (Phi) is 4.69. The van der Waals surface area contributed by atoms with Crippen LogP contribution in [0.4, 0.5) is 4.39 Å². The molecule has 2 unspecified atom stereocenters. The Morgan fingerprint density at radius 2 is 2.15 bits per heavy atom. The minimum absolute atomic E-state index is 0.191. The van der Waals surface area contributed by atoms with Crippen molar-refractivity contribution in [3.8, 4) is 0 Å². The number of hydrogen-bond acceptors (Lipinski definition) is 5. The van der Waals surface area contributed by atoms with Crippen LogP contribution in [0.3, 0.4) is 0 Å². The van der Waals surface area contributed by atoms with Crippen molar-refractivity contribution in [2.75, 3.05) is 19.6 Å². The first-order valence-electron chi connectivity index (χ1n) is 9.32. The fourth-order valence-electron chi connectivity index (χ4n) is 4.01. The Balaban J connectivity index is 1.40. The number of piperidine rings is 1. The first kappa shape index (κ1) is 18.1. The number of carbonyl (C=O) groups is 3. The lowest BCUT2D eigenvalue weighted by Crippen LogP contribution is -2.52. The van der Waals surface area contributed by atoms with Crippen LogP contribution < -0.4 is 16.0 Å². The molecule has 3 aliphatic heterocycles. The van der Waals surface area contributed by atoms with Gasteiger partial charge in [-0.2, -0.15) is 0 Å². The van der Waals surface area contributed by atoms with Crippen LogP contribution >= 0.6 is 0 Å². The van der Waals surface area contributed by atoms with E-state index < -0.39 is 17.6 Å². The summed E-state index contributed by atoms with van der Waals surface area (Å²) in [5, 5.41) is 8.46. The molecule has 0 radical (unpaired) electrons. The van der Waals surface area contributed by atoms with Crippen LogP contribution in [0, 0.1) is 0 Å². The second kappa shape index (κ2) is 7.01. The molecule has 3 heterocycles. The normalized spacial score (nSPS) is 27.8. The van der Waals surface area contributed by atoms with Crippen LogP contribution in [0.2, 0.25) is 0 Å². The summed E-state index contributed by atoms with van der Waals surface area (Å²) in [6, 6.07) is 5.02. The van der Waals surface area contributed by atoms with Crippen molar-refractivity contribution in [2.24, 2.45) is 0 Å². The lowest BCUT2D eigenvalue weighted by molar-refractivity contribution is -0.136. The quantitative estimate of drug-likeness (QED) is 0.643. The third-order valence-corrected chi connectivity index (χ3v) is 5.56. The fourth-order valence-corrected chi connectivity index (χ4v) is 4.01. The zero-order valence-corrected chi connectivity index (χ0v) is 15.0. The Morgan fingerprint density at radius 1 is 1.30 bits per heavy atom. The molecule has 0 aliphatic carbocycles. The van der Waals surface area contributed by atoms with Crippen LogP contribution in [0.5, 0.6) is 0 Å². The van der Waals surface area contributed by atoms with Gasteiger partial charge >= 0.3 is 0 Å². The van der Waals surface area contributed by atoms with E-state index >= 15 is 0 Å². The number of nitrogens with one attached hydrogen (secondary N) is 3. The van der Waals surface area contributed by atoms with Gasteiger partial charge in [-0.15, -0.1) is 0 Å². The lowest BCUT2D eigenvalue weighted by Gasteiger charge is -2.29. The molecule has 144 valence electrons. The molecule has 1 aromatic rings. The Morgan fingerprint density at radius 3 is 2.89 bits per heavy atom. The minimum Gasteiger partial charge on any atom is -0.322 e. The number of alkyl halides is 1. The third-order valence-electron chi connectivity index (χ3n) is 5.56. The smallest absolute Gasteiger partial charge is 0.255 e. The summed E-state index contributed by atoms with van der Waals surface area (Å²) in [6.45, 7) is 2.18. The summed E-state index contributed by atoms with van der Waals surface area (Å²) in [4.78, 5) is 37.7. The van der Waals surface area contributed by atoms with Crippen LogP contribution in [-0.4, -0.2) is 54.0 Å². The highest BCUT2D eigenvalue weighted by molar-refractivity contribution is 6.05. The second-order valence-electron chi connectivity index (χ2n) is 7.57. The summed E-state index contributed by atoms with van der Waals surface area (Å²) < 4.78 is 14.4. The number of nitrogens with zero attached hydrogens (tertiary/aromatic N) is 1. The molecule has 1 aromatic carbocycles. The van der Waals surface area contributed by atoms with Crippen molar-refractivity contribution in [1.82, 2.24) is 20.9 Å². The molecule has 0 bridgehead atoms. The first-order chi connectivity index (χ1) is 13.0. The number of fused-ring (bicyclic) bond motifs is 1. The topological polar surface area (TPSA) is 90.5 Å². The highest BCUT2D eigenvalue weighted by Crippen LogP contribution is 2.28. The van der Waals surface area contributed by atoms with E-state index in [9.17, 15) is 18.8 Å². The van der Waals surface area contributed by atoms with Gasteiger partial charge in [0.25, 0.3) is 5.91 Å². The minimum atomic E-state index is -1.21. The van der Waals surface area contributed by atoms with Gasteiger partial charge in [0.1, 0.15) is 11.7 Å². The molecule has 0 aromatic heterocycles. The van der Waals surface area contributed by atoms with Crippen molar-refractivity contribution < 1.29 is 18.8 Å². The molecule has 3 aliphatic rings. The van der Waals surface area contributed by atoms with Crippen LogP contribution in [0.15, 0.2) is 18.2 Å². The number of carbonyl (C=O) groups excluding carboxylic acids is 3. The Bertz CT molecular complexity index is 791. The molecular formula is C19H23FN4O3. The van der Waals surface area contributed by atoms with E-state index in [1.54, 1.807) is 0 Å². The largest absolute Gasteiger partial charge is 0.322 e. The van der Waals surface area contributed by atoms with Gasteiger partial charge in [-0.1, -0.05) is 12.1 Å². The molecule has 2 saturated heterocycles. The Hall–Kier alpha value is -2.32. The van der Waals surface area contributed by atoms with E-state index in [2.05, 4.69) is 16.0 Å². The van der Waals surface area contributed by atoms with Crippen molar-refractivity contribution in [1.29, 1.82) is 0 Å². The third kappa shape index (κ3) is 3.59. The van der Waals surface area contributed by atoms with Gasteiger partial charge in [0.2, 0.25) is 11.8 Å². The zero-order valence-electron chi connectivity index (χ0n) is 15.0. The number of rotatable bonds is 5. The number of hydrogen-bond donors (Lipinski definition) is 3. The average Bonchev–Trinajstić information content (AvgIpc) is 3.20. The number of halogens is 1. The molecule has 3 N–H and O–H groups in total. The van der Waals surface area contributed by atoms with Crippen LogP contribution in [0.1, 0.15) is 40.7 Å². The molecule has 0 saturated carbocycles. The van der Waals surface area contributed by atoms with Gasteiger partial charge in [-0.05, 0) is 36.6 Å². The van der Waals surface area contributed by atoms with Gasteiger partial charge in [-0.3, -0.25) is 19.7 Å². The molecule has 8 heteroatoms. The standard InChI is InChI=1S/C19H23FN4O3/c20-19(5-6-21-10-19)11-22-8-12-1-2-13-9-24(18(27)14(13)7-12)15-3-4-16(25)23-17(15)26/h1-2,7,15,21-22H,3-6,8-11H2,(H,23,25,26). The van der Waals surface area contributed by atoms with Gasteiger partial charge in [0.05, 0.1) is 0 Å². The average molecular weight is 374 g/mol. The highest BCUT2D eigenvalue weighted by Gasteiger charge is 2.39. The molecule has 4 rings (SSSR count). The van der Waals surface area contributed by atoms with E-state index in [0.29, 0.717) is 44.6 Å². The molecular weight excluding hydrogens is 351 g/mol. The molecule has 7 nitrogen and oxygen atoms in total. The van der Waals surface area contributed by atoms with Crippen molar-refractivity contribution >= 4 is 17.7 Å². The monoisotopic (exact) mass is 374 g/mol. The SMILES string of the molecule is O=C1CCC(N2Cc3ccc(CNCC4(F)CCNC4)cc3C2=O)C(=O)N1. The van der Waals surface area contributed by atoms with Gasteiger partial charge < -0.3 is 15.5 Å². The van der Waals surface area contributed by atoms with Crippen molar-refractivity contribution in [3.05, 3.63) is 34.9 Å². The molecule has 2 atom stereocenters. The summed E-state index contributed by atoms with van der Waals surface area (Å²) in [6.07, 6.45) is 1.10. The summed E-state index contributed by atoms with van der Waals surface area (Å²) in [7, 11) is 0. The number of amides is 3. The van der Waals surface area contributed by atoms with Gasteiger partial charge in [-0.25, -0.2) is 4.39 Å². The van der Waals surface area contributed by atoms with Crippen LogP contribution in [0.25, 0.3) is 0 Å². The van der Waals surface area contributed by atoms with Gasteiger partial charge in [0, 0.05) is 38.2 Å². The maximum absolute atomic E-state index is 14.4. The summed E-state index contributed by atoms with van der Waals surface area (Å²) in [5.41, 5.74) is 1.14. The van der Waals surface area contributed by atoms with Crippen molar-refractivity contribution in [2.45, 2.75) is 44.1 Å². The van der Waals surface area contributed by atoms with E-state index in [4.69, 9.17) is 0 Å². The van der Waals surface area contributed by atoms with E-state index in [0.717, 1.165) is 11.1 Å². The highest BCUT2D eigenvalue weighted by atomic mass is 19.1. The number of benzene rings is 1. The van der Waals surface area contributed by atoms with Crippen LogP contribution in [-0.2, 0) is 22.7 Å². The first-order valence-corrected chi connectivity index (χ1v) is 9.32. The van der Waals surface area contributed by atoms with E-state index in [-0.39, 0.29) is 24.8 Å². The molecule has 2 fully saturated rings. The number of imide groups is 1. The predicted molar refractivity (Wildman–Crippen MR) is 95.5 cm³/mol. The van der Waals surface area contributed by atoms with Gasteiger partial charge in [0.15, 0.2) is 0 Å². The molecule has 0 spiro atoms. The van der Waals surface area contributed by atoms with E-state index in [1.165, 1.54) is 4.90 Å². The van der Waals surface area contributed by atoms with E-state index in [1.807, 2.05) is 18.2 Å². The Labute approximate surface area is 156 Å². The molecule has 3 amide bonds. The molecule has 27 heavy (non-hydrogen) atoms. The maximum Gasteiger partial charge on any atom is 0.255 e. The maximum atomic E-state index is 14.4. The summed E-state index contributed by atoms with van der Waals surface area (Å²) >= 11 is 0. The lowest BCUT2D eigenvalue weighted by atomic mass is 10.0. The fraction of sp³-hybridized carbons (Fsp3) is 0.526. The second-order valence-corrected chi connectivity index (χ2v) is 7.57. The van der Waals surface area contributed by atoms with Crippen molar-refractivity contribution in [3.63, 3.8) is 0 Å².